The molecule has 1 unspecified atom stereocenters. The lowest BCUT2D eigenvalue weighted by Gasteiger charge is -2.15. The largest absolute Gasteiger partial charge is 0.316 e. The Kier molecular flexibility index (Phi) is 5.14. The number of halogens is 1. The zero-order valence-electron chi connectivity index (χ0n) is 10.6. The lowest BCUT2D eigenvalue weighted by Crippen LogP contribution is -2.30. The molecular weight excluding hydrogens is 355 g/mol. The molecular formula is C14H17IN2S. The number of rotatable bonds is 5. The van der Waals surface area contributed by atoms with Crippen LogP contribution in [0.15, 0.2) is 29.6 Å². The summed E-state index contributed by atoms with van der Waals surface area (Å²) in [7, 11) is 2.02. The van der Waals surface area contributed by atoms with Crippen LogP contribution in [0.1, 0.15) is 16.3 Å². The van der Waals surface area contributed by atoms with Gasteiger partial charge in [-0.3, -0.25) is 0 Å². The summed E-state index contributed by atoms with van der Waals surface area (Å²) in [6.45, 7) is 2.06. The Hall–Kier alpha value is -0.460. The van der Waals surface area contributed by atoms with Gasteiger partial charge in [-0.15, -0.1) is 11.3 Å². The third-order valence-corrected chi connectivity index (χ3v) is 4.47. The van der Waals surface area contributed by atoms with Gasteiger partial charge in [0.25, 0.3) is 0 Å². The van der Waals surface area contributed by atoms with Crippen LogP contribution in [0.2, 0.25) is 0 Å². The maximum absolute atomic E-state index is 4.53. The van der Waals surface area contributed by atoms with E-state index in [0.29, 0.717) is 6.04 Å². The fraction of sp³-hybridized carbons (Fsp3) is 0.357. The highest BCUT2D eigenvalue weighted by Gasteiger charge is 2.10. The summed E-state index contributed by atoms with van der Waals surface area (Å²) in [6, 6.07) is 9.19. The van der Waals surface area contributed by atoms with Crippen molar-refractivity contribution in [1.29, 1.82) is 0 Å². The molecule has 0 radical (unpaired) electrons. The molecule has 0 aliphatic heterocycles. The number of likely N-dealkylation sites (N-methyl/N-ethyl adjacent to an activating group) is 1. The number of nitrogens with zero attached hydrogens (tertiary/aromatic N) is 1. The topological polar surface area (TPSA) is 24.9 Å². The molecule has 0 bridgehead atoms. The van der Waals surface area contributed by atoms with Gasteiger partial charge in [0.1, 0.15) is 0 Å². The van der Waals surface area contributed by atoms with Gasteiger partial charge in [0.2, 0.25) is 0 Å². The van der Waals surface area contributed by atoms with Crippen molar-refractivity contribution in [1.82, 2.24) is 10.3 Å². The molecule has 0 aliphatic rings. The molecule has 1 N–H and O–H groups in total. The van der Waals surface area contributed by atoms with E-state index in [1.807, 2.05) is 7.05 Å². The van der Waals surface area contributed by atoms with E-state index in [1.54, 1.807) is 11.3 Å². The first kappa shape index (κ1) is 14.0. The highest BCUT2D eigenvalue weighted by atomic mass is 127. The molecule has 0 spiro atoms. The minimum Gasteiger partial charge on any atom is -0.316 e. The quantitative estimate of drug-likeness (QED) is 0.814. The van der Waals surface area contributed by atoms with E-state index in [9.17, 15) is 0 Å². The number of benzene rings is 1. The highest BCUT2D eigenvalue weighted by Crippen LogP contribution is 2.13. The number of thiazole rings is 1. The van der Waals surface area contributed by atoms with Crippen molar-refractivity contribution in [2.75, 3.05) is 7.05 Å². The van der Waals surface area contributed by atoms with Crippen LogP contribution in [0.25, 0.3) is 0 Å². The van der Waals surface area contributed by atoms with Gasteiger partial charge in [0, 0.05) is 21.4 Å². The van der Waals surface area contributed by atoms with Crippen molar-refractivity contribution in [3.05, 3.63) is 49.5 Å². The molecule has 1 heterocycles. The maximum atomic E-state index is 4.53. The first-order chi connectivity index (χ1) is 8.67. The fourth-order valence-corrected chi connectivity index (χ4v) is 2.92. The molecule has 96 valence electrons. The molecule has 1 aromatic carbocycles. The summed E-state index contributed by atoms with van der Waals surface area (Å²) < 4.78 is 1.28. The lowest BCUT2D eigenvalue weighted by molar-refractivity contribution is 0.551. The Morgan fingerprint density at radius 2 is 2.00 bits per heavy atom. The van der Waals surface area contributed by atoms with E-state index >= 15 is 0 Å². The molecule has 0 saturated carbocycles. The summed E-state index contributed by atoms with van der Waals surface area (Å²) in [5.41, 5.74) is 2.57. The Labute approximate surface area is 126 Å². The van der Waals surface area contributed by atoms with Gasteiger partial charge in [-0.1, -0.05) is 12.1 Å². The molecule has 1 atom stereocenters. The van der Waals surface area contributed by atoms with E-state index in [4.69, 9.17) is 0 Å². The predicted molar refractivity (Wildman–Crippen MR) is 86.3 cm³/mol. The van der Waals surface area contributed by atoms with E-state index in [0.717, 1.165) is 17.8 Å². The summed E-state index contributed by atoms with van der Waals surface area (Å²) in [6.07, 6.45) is 2.04. The van der Waals surface area contributed by atoms with Gasteiger partial charge in [-0.05, 0) is 60.7 Å². The van der Waals surface area contributed by atoms with Crippen LogP contribution in [-0.4, -0.2) is 18.1 Å². The lowest BCUT2D eigenvalue weighted by atomic mass is 10.0. The van der Waals surface area contributed by atoms with Gasteiger partial charge >= 0.3 is 0 Å². The van der Waals surface area contributed by atoms with Crippen LogP contribution in [0, 0.1) is 10.5 Å². The monoisotopic (exact) mass is 372 g/mol. The summed E-state index contributed by atoms with van der Waals surface area (Å²) in [5, 5.41) is 6.69. The van der Waals surface area contributed by atoms with E-state index in [2.05, 4.69) is 69.5 Å². The maximum Gasteiger partial charge on any atom is 0.0897 e. The van der Waals surface area contributed by atoms with E-state index in [-0.39, 0.29) is 0 Å². The third-order valence-electron chi connectivity index (χ3n) is 2.93. The van der Waals surface area contributed by atoms with Crippen molar-refractivity contribution < 1.29 is 0 Å². The molecule has 2 nitrogen and oxygen atoms in total. The zero-order valence-corrected chi connectivity index (χ0v) is 13.6. The van der Waals surface area contributed by atoms with Crippen LogP contribution in [0.3, 0.4) is 0 Å². The first-order valence-corrected chi connectivity index (χ1v) is 7.96. The SMILES string of the molecule is CNC(Cc1ccc(I)cc1)Cc1csc(C)n1. The van der Waals surface area contributed by atoms with Crippen molar-refractivity contribution in [3.8, 4) is 0 Å². The number of hydrogen-bond acceptors (Lipinski definition) is 3. The fourth-order valence-electron chi connectivity index (χ4n) is 1.94. The first-order valence-electron chi connectivity index (χ1n) is 6.00. The van der Waals surface area contributed by atoms with E-state index in [1.165, 1.54) is 14.8 Å². The highest BCUT2D eigenvalue weighted by molar-refractivity contribution is 14.1. The van der Waals surface area contributed by atoms with Crippen molar-refractivity contribution in [3.63, 3.8) is 0 Å². The van der Waals surface area contributed by atoms with Crippen LogP contribution in [0.4, 0.5) is 0 Å². The van der Waals surface area contributed by atoms with Gasteiger partial charge in [0.05, 0.1) is 10.7 Å². The number of aromatic nitrogens is 1. The second-order valence-corrected chi connectivity index (χ2v) is 6.69. The summed E-state index contributed by atoms with van der Waals surface area (Å²) in [5.74, 6) is 0. The predicted octanol–water partition coefficient (Wildman–Crippen LogP) is 3.43. The van der Waals surface area contributed by atoms with Crippen LogP contribution in [0.5, 0.6) is 0 Å². The molecule has 2 aromatic rings. The minimum atomic E-state index is 0.451. The average molecular weight is 372 g/mol. The van der Waals surface area contributed by atoms with Crippen LogP contribution < -0.4 is 5.32 Å². The van der Waals surface area contributed by atoms with Gasteiger partial charge in [0.15, 0.2) is 0 Å². The second kappa shape index (κ2) is 6.63. The van der Waals surface area contributed by atoms with Crippen LogP contribution >= 0.6 is 33.9 Å². The third kappa shape index (κ3) is 4.03. The number of hydrogen-bond donors (Lipinski definition) is 1. The number of nitrogens with one attached hydrogen (secondary N) is 1. The molecule has 18 heavy (non-hydrogen) atoms. The average Bonchev–Trinajstić information content (AvgIpc) is 2.77. The Morgan fingerprint density at radius 3 is 2.56 bits per heavy atom. The smallest absolute Gasteiger partial charge is 0.0897 e. The van der Waals surface area contributed by atoms with Crippen LogP contribution in [-0.2, 0) is 12.8 Å². The molecule has 2 rings (SSSR count). The zero-order chi connectivity index (χ0) is 13.0. The van der Waals surface area contributed by atoms with Gasteiger partial charge in [-0.25, -0.2) is 4.98 Å². The summed E-state index contributed by atoms with van der Waals surface area (Å²) >= 11 is 4.06. The molecule has 0 saturated heterocycles. The molecule has 0 fully saturated rings. The van der Waals surface area contributed by atoms with Crippen molar-refractivity contribution >= 4 is 33.9 Å². The van der Waals surface area contributed by atoms with Gasteiger partial charge in [-0.2, -0.15) is 0 Å². The summed E-state index contributed by atoms with van der Waals surface area (Å²) in [4.78, 5) is 4.53. The van der Waals surface area contributed by atoms with Crippen molar-refractivity contribution in [2.45, 2.75) is 25.8 Å². The van der Waals surface area contributed by atoms with Gasteiger partial charge < -0.3 is 5.32 Å². The molecule has 4 heteroatoms. The molecule has 0 amide bonds. The standard InChI is InChI=1S/C14H17IN2S/c1-10-17-14(9-18-10)8-13(16-2)7-11-3-5-12(15)6-4-11/h3-6,9,13,16H,7-8H2,1-2H3. The Morgan fingerprint density at radius 1 is 1.28 bits per heavy atom. The minimum absolute atomic E-state index is 0.451. The number of aryl methyl sites for hydroxylation is 1. The Balaban J connectivity index is 1.99. The molecule has 1 aromatic heterocycles. The van der Waals surface area contributed by atoms with E-state index < -0.39 is 0 Å². The second-order valence-electron chi connectivity index (χ2n) is 4.38. The Bertz CT molecular complexity index is 493. The van der Waals surface area contributed by atoms with Crippen molar-refractivity contribution in [2.24, 2.45) is 0 Å². The normalized spacial score (nSPS) is 12.6. The molecule has 0 aliphatic carbocycles.